The Bertz CT molecular complexity index is 519. The van der Waals surface area contributed by atoms with Crippen LogP contribution in [-0.2, 0) is 16.6 Å². The maximum Gasteiger partial charge on any atom is 0.263 e. The Hall–Kier alpha value is -1.18. The Morgan fingerprint density at radius 3 is 2.61 bits per heavy atom. The highest BCUT2D eigenvalue weighted by Crippen LogP contribution is 2.21. The zero-order valence-electron chi connectivity index (χ0n) is 11.0. The summed E-state index contributed by atoms with van der Waals surface area (Å²) in [6.07, 6.45) is 1.55. The normalized spacial score (nSPS) is 12.3. The molecule has 102 valence electrons. The lowest BCUT2D eigenvalue weighted by Crippen LogP contribution is -2.37. The lowest BCUT2D eigenvalue weighted by molar-refractivity contribution is 0.380. The Balaban J connectivity index is 3.30. The van der Waals surface area contributed by atoms with Gasteiger partial charge >= 0.3 is 0 Å². The first-order valence-electron chi connectivity index (χ1n) is 5.72. The topological polar surface area (TPSA) is 92.1 Å². The zero-order chi connectivity index (χ0) is 13.9. The number of H-pyrrole nitrogens is 1. The molecule has 3 N–H and O–H groups in total. The number of rotatable bonds is 6. The minimum atomic E-state index is -3.64. The Kier molecular flexibility index (Phi) is 4.66. The molecule has 0 aromatic carbocycles. The SMILES string of the molecule is C=CCN(C(C)C)S(=O)(=O)c1n[nH]c(C)c1CN. The summed E-state index contributed by atoms with van der Waals surface area (Å²) in [6.45, 7) is 9.33. The molecule has 0 spiro atoms. The first-order chi connectivity index (χ1) is 8.36. The molecule has 0 bridgehead atoms. The molecule has 0 unspecified atom stereocenters. The van der Waals surface area contributed by atoms with Crippen LogP contribution >= 0.6 is 0 Å². The average molecular weight is 272 g/mol. The van der Waals surface area contributed by atoms with E-state index in [2.05, 4.69) is 16.8 Å². The summed E-state index contributed by atoms with van der Waals surface area (Å²) in [4.78, 5) is 0. The summed E-state index contributed by atoms with van der Waals surface area (Å²) in [7, 11) is -3.64. The van der Waals surface area contributed by atoms with Crippen LogP contribution in [0.2, 0.25) is 0 Å². The summed E-state index contributed by atoms with van der Waals surface area (Å²) in [5.74, 6) is 0. The fourth-order valence-electron chi connectivity index (χ4n) is 1.71. The van der Waals surface area contributed by atoms with E-state index in [0.29, 0.717) is 11.3 Å². The molecule has 0 aliphatic carbocycles. The van der Waals surface area contributed by atoms with Crippen LogP contribution in [0.3, 0.4) is 0 Å². The fraction of sp³-hybridized carbons (Fsp3) is 0.545. The van der Waals surface area contributed by atoms with Gasteiger partial charge in [-0.15, -0.1) is 6.58 Å². The van der Waals surface area contributed by atoms with Crippen LogP contribution < -0.4 is 5.73 Å². The van der Waals surface area contributed by atoms with Gasteiger partial charge < -0.3 is 5.73 Å². The minimum Gasteiger partial charge on any atom is -0.326 e. The van der Waals surface area contributed by atoms with Crippen LogP contribution in [0.15, 0.2) is 17.7 Å². The van der Waals surface area contributed by atoms with Crippen molar-refractivity contribution in [2.75, 3.05) is 6.54 Å². The third kappa shape index (κ3) is 2.63. The highest BCUT2D eigenvalue weighted by molar-refractivity contribution is 7.89. The van der Waals surface area contributed by atoms with Crippen molar-refractivity contribution < 1.29 is 8.42 Å². The molecule has 0 saturated carbocycles. The zero-order valence-corrected chi connectivity index (χ0v) is 11.8. The molecule has 0 fully saturated rings. The number of hydrogen-bond acceptors (Lipinski definition) is 4. The van der Waals surface area contributed by atoms with E-state index in [1.807, 2.05) is 13.8 Å². The Morgan fingerprint density at radius 1 is 1.56 bits per heavy atom. The molecule has 18 heavy (non-hydrogen) atoms. The van der Waals surface area contributed by atoms with Crippen molar-refractivity contribution in [1.29, 1.82) is 0 Å². The van der Waals surface area contributed by atoms with Gasteiger partial charge in [0.1, 0.15) is 0 Å². The molecule has 0 saturated heterocycles. The van der Waals surface area contributed by atoms with Crippen LogP contribution in [0.25, 0.3) is 0 Å². The molecule has 0 atom stereocenters. The van der Waals surface area contributed by atoms with Crippen LogP contribution in [0.1, 0.15) is 25.1 Å². The van der Waals surface area contributed by atoms with Crippen LogP contribution in [0.4, 0.5) is 0 Å². The number of nitrogens with zero attached hydrogens (tertiary/aromatic N) is 2. The van der Waals surface area contributed by atoms with Gasteiger partial charge in [0.2, 0.25) is 0 Å². The highest BCUT2D eigenvalue weighted by atomic mass is 32.2. The van der Waals surface area contributed by atoms with Gasteiger partial charge in [0.05, 0.1) is 0 Å². The number of hydrogen-bond donors (Lipinski definition) is 2. The van der Waals surface area contributed by atoms with Gasteiger partial charge in [-0.2, -0.15) is 9.40 Å². The quantitative estimate of drug-likeness (QED) is 0.748. The van der Waals surface area contributed by atoms with Gasteiger partial charge in [-0.05, 0) is 20.8 Å². The predicted molar refractivity (Wildman–Crippen MR) is 70.4 cm³/mol. The van der Waals surface area contributed by atoms with E-state index < -0.39 is 10.0 Å². The second-order valence-corrected chi connectivity index (χ2v) is 6.10. The van der Waals surface area contributed by atoms with Crippen molar-refractivity contribution >= 4 is 10.0 Å². The molecule has 7 heteroatoms. The lowest BCUT2D eigenvalue weighted by atomic mass is 10.3. The van der Waals surface area contributed by atoms with E-state index in [4.69, 9.17) is 5.73 Å². The first kappa shape index (κ1) is 14.9. The van der Waals surface area contributed by atoms with Gasteiger partial charge in [0, 0.05) is 30.4 Å². The maximum atomic E-state index is 12.5. The molecule has 0 aliphatic rings. The third-order valence-electron chi connectivity index (χ3n) is 2.68. The largest absolute Gasteiger partial charge is 0.326 e. The third-order valence-corrected chi connectivity index (χ3v) is 4.69. The van der Waals surface area contributed by atoms with E-state index in [-0.39, 0.29) is 24.2 Å². The molecule has 1 aromatic heterocycles. The summed E-state index contributed by atoms with van der Waals surface area (Å²) in [5, 5.41) is 6.56. The van der Waals surface area contributed by atoms with Crippen LogP contribution in [0.5, 0.6) is 0 Å². The summed E-state index contributed by atoms with van der Waals surface area (Å²) < 4.78 is 26.3. The monoisotopic (exact) mass is 272 g/mol. The lowest BCUT2D eigenvalue weighted by Gasteiger charge is -2.23. The second-order valence-electron chi connectivity index (χ2n) is 4.29. The van der Waals surface area contributed by atoms with Gasteiger partial charge in [0.15, 0.2) is 5.03 Å². The summed E-state index contributed by atoms with van der Waals surface area (Å²) in [6, 6.07) is -0.171. The molecule has 6 nitrogen and oxygen atoms in total. The molecule has 0 radical (unpaired) electrons. The average Bonchev–Trinajstić information content (AvgIpc) is 2.67. The molecule has 1 rings (SSSR count). The second kappa shape index (κ2) is 5.64. The molecule has 0 aliphatic heterocycles. The van der Waals surface area contributed by atoms with Crippen molar-refractivity contribution in [3.63, 3.8) is 0 Å². The molecular formula is C11H20N4O2S. The van der Waals surface area contributed by atoms with E-state index in [1.54, 1.807) is 13.0 Å². The molecular weight excluding hydrogens is 252 g/mol. The standard InChI is InChI=1S/C11H20N4O2S/c1-5-6-15(8(2)3)18(16,17)11-10(7-12)9(4)13-14-11/h5,8H,1,6-7,12H2,2-4H3,(H,13,14). The number of aryl methyl sites for hydroxylation is 1. The van der Waals surface area contributed by atoms with Crippen LogP contribution in [0, 0.1) is 6.92 Å². The van der Waals surface area contributed by atoms with Gasteiger partial charge in [-0.3, -0.25) is 5.10 Å². The highest BCUT2D eigenvalue weighted by Gasteiger charge is 2.31. The first-order valence-corrected chi connectivity index (χ1v) is 7.16. The van der Waals surface area contributed by atoms with E-state index in [1.165, 1.54) is 4.31 Å². The van der Waals surface area contributed by atoms with E-state index in [9.17, 15) is 8.42 Å². The Morgan fingerprint density at radius 2 is 2.17 bits per heavy atom. The molecule has 1 aromatic rings. The fourth-order valence-corrected chi connectivity index (χ4v) is 3.50. The number of nitrogens with one attached hydrogen (secondary N) is 1. The van der Waals surface area contributed by atoms with Crippen molar-refractivity contribution in [3.05, 3.63) is 23.9 Å². The summed E-state index contributed by atoms with van der Waals surface area (Å²) in [5.41, 5.74) is 6.79. The number of nitrogens with two attached hydrogens (primary N) is 1. The van der Waals surface area contributed by atoms with Crippen molar-refractivity contribution in [1.82, 2.24) is 14.5 Å². The van der Waals surface area contributed by atoms with Crippen molar-refractivity contribution in [3.8, 4) is 0 Å². The van der Waals surface area contributed by atoms with E-state index >= 15 is 0 Å². The summed E-state index contributed by atoms with van der Waals surface area (Å²) >= 11 is 0. The number of aromatic amines is 1. The molecule has 1 heterocycles. The number of aromatic nitrogens is 2. The van der Waals surface area contributed by atoms with Gasteiger partial charge in [0.25, 0.3) is 10.0 Å². The van der Waals surface area contributed by atoms with Gasteiger partial charge in [-0.1, -0.05) is 6.08 Å². The molecule has 0 amide bonds. The predicted octanol–water partition coefficient (Wildman–Crippen LogP) is 0.762. The maximum absolute atomic E-state index is 12.5. The van der Waals surface area contributed by atoms with Gasteiger partial charge in [-0.25, -0.2) is 8.42 Å². The smallest absolute Gasteiger partial charge is 0.263 e. The van der Waals surface area contributed by atoms with E-state index in [0.717, 1.165) is 0 Å². The Labute approximate surface area is 108 Å². The number of sulfonamides is 1. The van der Waals surface area contributed by atoms with Crippen molar-refractivity contribution in [2.24, 2.45) is 5.73 Å². The minimum absolute atomic E-state index is 0.0121. The van der Waals surface area contributed by atoms with Crippen LogP contribution in [-0.4, -0.2) is 35.5 Å². The van der Waals surface area contributed by atoms with Crippen molar-refractivity contribution in [2.45, 2.75) is 38.4 Å².